The maximum absolute atomic E-state index is 11.5. The molecule has 0 aliphatic carbocycles. The van der Waals surface area contributed by atoms with Crippen molar-refractivity contribution in [3.05, 3.63) is 23.8 Å². The first-order valence-corrected chi connectivity index (χ1v) is 8.35. The van der Waals surface area contributed by atoms with Crippen molar-refractivity contribution in [2.45, 2.75) is 6.92 Å². The summed E-state index contributed by atoms with van der Waals surface area (Å²) in [6, 6.07) is 4.71. The molecule has 1 aromatic carbocycles. The van der Waals surface area contributed by atoms with Crippen LogP contribution in [0.15, 0.2) is 18.2 Å². The van der Waals surface area contributed by atoms with E-state index in [-0.39, 0.29) is 5.69 Å². The zero-order chi connectivity index (χ0) is 13.3. The number of hydrogen-bond acceptors (Lipinski definition) is 5. The molecule has 0 unspecified atom stereocenters. The Kier molecular flexibility index (Phi) is 3.68. The highest BCUT2D eigenvalue weighted by Gasteiger charge is 2.18. The summed E-state index contributed by atoms with van der Waals surface area (Å²) < 4.78 is 47.2. The topological polar surface area (TPSA) is 106 Å². The van der Waals surface area contributed by atoms with E-state index >= 15 is 0 Å². The fraction of sp³-hybridized carbons (Fsp3) is 0.333. The van der Waals surface area contributed by atoms with Gasteiger partial charge in [0.2, 0.25) is 10.0 Å². The van der Waals surface area contributed by atoms with E-state index < -0.39 is 24.9 Å². The van der Waals surface area contributed by atoms with Crippen LogP contribution in [0, 0.1) is 6.92 Å². The third kappa shape index (κ3) is 4.61. The van der Waals surface area contributed by atoms with Crippen molar-refractivity contribution in [2.75, 3.05) is 21.8 Å². The SMILES string of the molecule is Cc1ccc(N)cc1NS(=O)(=O)CS(C)(=O)=O. The lowest BCUT2D eigenvalue weighted by Crippen LogP contribution is -2.22. The highest BCUT2D eigenvalue weighted by molar-refractivity contribution is 8.08. The van der Waals surface area contributed by atoms with Crippen LogP contribution in [-0.2, 0) is 19.9 Å². The summed E-state index contributed by atoms with van der Waals surface area (Å²) in [7, 11) is -7.53. The Morgan fingerprint density at radius 3 is 2.35 bits per heavy atom. The summed E-state index contributed by atoms with van der Waals surface area (Å²) in [4.78, 5) is 0. The predicted octanol–water partition coefficient (Wildman–Crippen LogP) is 0.321. The van der Waals surface area contributed by atoms with Gasteiger partial charge in [-0.15, -0.1) is 0 Å². The quantitative estimate of drug-likeness (QED) is 0.771. The summed E-state index contributed by atoms with van der Waals surface area (Å²) in [6.45, 7) is 1.69. The van der Waals surface area contributed by atoms with Crippen LogP contribution >= 0.6 is 0 Å². The Bertz CT molecular complexity index is 620. The molecule has 96 valence electrons. The average Bonchev–Trinajstić information content (AvgIpc) is 2.06. The monoisotopic (exact) mass is 278 g/mol. The number of benzene rings is 1. The van der Waals surface area contributed by atoms with E-state index in [1.807, 2.05) is 0 Å². The molecule has 0 fully saturated rings. The second-order valence-corrected chi connectivity index (χ2v) is 8.06. The Labute approximate surface area is 101 Å². The van der Waals surface area contributed by atoms with Crippen LogP contribution in [0.1, 0.15) is 5.56 Å². The van der Waals surface area contributed by atoms with Gasteiger partial charge in [-0.3, -0.25) is 4.72 Å². The van der Waals surface area contributed by atoms with Crippen molar-refractivity contribution < 1.29 is 16.8 Å². The van der Waals surface area contributed by atoms with Gasteiger partial charge in [0.1, 0.15) is 0 Å². The van der Waals surface area contributed by atoms with Gasteiger partial charge < -0.3 is 5.73 Å². The summed E-state index contributed by atoms with van der Waals surface area (Å²) in [5.41, 5.74) is 6.87. The van der Waals surface area contributed by atoms with Gasteiger partial charge in [0.15, 0.2) is 14.9 Å². The molecule has 0 aromatic heterocycles. The van der Waals surface area contributed by atoms with E-state index in [0.717, 1.165) is 6.26 Å². The smallest absolute Gasteiger partial charge is 0.247 e. The Hall–Kier alpha value is -1.28. The number of rotatable bonds is 4. The van der Waals surface area contributed by atoms with Crippen molar-refractivity contribution in [3.8, 4) is 0 Å². The van der Waals surface area contributed by atoms with Crippen LogP contribution in [-0.4, -0.2) is 28.2 Å². The zero-order valence-electron chi connectivity index (χ0n) is 9.47. The number of aryl methyl sites for hydroxylation is 1. The predicted molar refractivity (Wildman–Crippen MR) is 67.8 cm³/mol. The van der Waals surface area contributed by atoms with E-state index in [1.165, 1.54) is 6.07 Å². The van der Waals surface area contributed by atoms with E-state index in [2.05, 4.69) is 4.72 Å². The van der Waals surface area contributed by atoms with Crippen LogP contribution in [0.2, 0.25) is 0 Å². The van der Waals surface area contributed by atoms with Gasteiger partial charge in [0, 0.05) is 11.9 Å². The molecule has 0 saturated carbocycles. The second kappa shape index (κ2) is 4.53. The molecule has 1 rings (SSSR count). The molecule has 0 heterocycles. The number of nitrogens with two attached hydrogens (primary N) is 1. The number of sulfone groups is 1. The van der Waals surface area contributed by atoms with Gasteiger partial charge in [0.25, 0.3) is 0 Å². The van der Waals surface area contributed by atoms with Gasteiger partial charge in [-0.2, -0.15) is 0 Å². The summed E-state index contributed by atoms with van der Waals surface area (Å²) >= 11 is 0. The molecule has 0 atom stereocenters. The van der Waals surface area contributed by atoms with Crippen LogP contribution in [0.3, 0.4) is 0 Å². The van der Waals surface area contributed by atoms with Crippen molar-refractivity contribution in [2.24, 2.45) is 0 Å². The summed E-state index contributed by atoms with van der Waals surface area (Å²) in [6.07, 6.45) is 0.860. The van der Waals surface area contributed by atoms with Crippen molar-refractivity contribution >= 4 is 31.2 Å². The number of anilines is 2. The summed E-state index contributed by atoms with van der Waals surface area (Å²) in [5, 5.41) is -0.950. The molecule has 0 aliphatic heterocycles. The Morgan fingerprint density at radius 2 is 1.82 bits per heavy atom. The van der Waals surface area contributed by atoms with Gasteiger partial charge in [-0.1, -0.05) is 6.07 Å². The first-order chi connectivity index (χ1) is 7.59. The normalized spacial score (nSPS) is 12.4. The van der Waals surface area contributed by atoms with Crippen LogP contribution in [0.25, 0.3) is 0 Å². The molecule has 0 radical (unpaired) electrons. The molecule has 0 amide bonds. The lowest BCUT2D eigenvalue weighted by Gasteiger charge is -2.10. The molecule has 0 saturated heterocycles. The van der Waals surface area contributed by atoms with E-state index in [1.54, 1.807) is 19.1 Å². The fourth-order valence-corrected chi connectivity index (χ4v) is 4.27. The Morgan fingerprint density at radius 1 is 1.24 bits per heavy atom. The molecular weight excluding hydrogens is 264 g/mol. The highest BCUT2D eigenvalue weighted by atomic mass is 32.3. The molecule has 0 bridgehead atoms. The van der Waals surface area contributed by atoms with Crippen LogP contribution in [0.5, 0.6) is 0 Å². The maximum atomic E-state index is 11.5. The van der Waals surface area contributed by atoms with Gasteiger partial charge in [0.05, 0.1) is 5.69 Å². The lowest BCUT2D eigenvalue weighted by atomic mass is 10.2. The molecule has 1 aromatic rings. The first-order valence-electron chi connectivity index (χ1n) is 4.63. The number of hydrogen-bond donors (Lipinski definition) is 2. The van der Waals surface area contributed by atoms with E-state index in [4.69, 9.17) is 5.73 Å². The minimum absolute atomic E-state index is 0.286. The molecule has 17 heavy (non-hydrogen) atoms. The highest BCUT2D eigenvalue weighted by Crippen LogP contribution is 2.19. The lowest BCUT2D eigenvalue weighted by molar-refractivity contribution is 0.595. The van der Waals surface area contributed by atoms with E-state index in [9.17, 15) is 16.8 Å². The number of nitrogen functional groups attached to an aromatic ring is 1. The van der Waals surface area contributed by atoms with Crippen LogP contribution in [0.4, 0.5) is 11.4 Å². The Balaban J connectivity index is 3.02. The largest absolute Gasteiger partial charge is 0.399 e. The van der Waals surface area contributed by atoms with Crippen molar-refractivity contribution in [1.29, 1.82) is 0 Å². The van der Waals surface area contributed by atoms with Gasteiger partial charge >= 0.3 is 0 Å². The third-order valence-corrected chi connectivity index (χ3v) is 5.38. The van der Waals surface area contributed by atoms with Crippen molar-refractivity contribution in [1.82, 2.24) is 0 Å². The van der Waals surface area contributed by atoms with Gasteiger partial charge in [-0.25, -0.2) is 16.8 Å². The standard InChI is InChI=1S/C9H14N2O4S2/c1-7-3-4-8(10)5-9(7)11-17(14,15)6-16(2,12)13/h3-5,11H,6,10H2,1-2H3. The summed E-state index contributed by atoms with van der Waals surface area (Å²) in [5.74, 6) is 0. The minimum Gasteiger partial charge on any atom is -0.399 e. The average molecular weight is 278 g/mol. The maximum Gasteiger partial charge on any atom is 0.247 e. The third-order valence-electron chi connectivity index (χ3n) is 1.90. The molecule has 6 nitrogen and oxygen atoms in total. The number of sulfonamides is 1. The molecule has 0 spiro atoms. The molecule has 3 N–H and O–H groups in total. The molecular formula is C9H14N2O4S2. The first kappa shape index (κ1) is 13.8. The van der Waals surface area contributed by atoms with Crippen LogP contribution < -0.4 is 10.5 Å². The fourth-order valence-electron chi connectivity index (χ4n) is 1.23. The molecule has 8 heteroatoms. The van der Waals surface area contributed by atoms with Gasteiger partial charge in [-0.05, 0) is 24.6 Å². The van der Waals surface area contributed by atoms with Crippen molar-refractivity contribution in [3.63, 3.8) is 0 Å². The number of nitrogens with one attached hydrogen (secondary N) is 1. The minimum atomic E-state index is -3.93. The zero-order valence-corrected chi connectivity index (χ0v) is 11.1. The van der Waals surface area contributed by atoms with E-state index in [0.29, 0.717) is 11.3 Å². The molecule has 0 aliphatic rings. The second-order valence-electron chi connectivity index (χ2n) is 3.83.